The zero-order chi connectivity index (χ0) is 20.8. The van der Waals surface area contributed by atoms with Gasteiger partial charge in [-0.1, -0.05) is 30.3 Å². The predicted molar refractivity (Wildman–Crippen MR) is 103 cm³/mol. The van der Waals surface area contributed by atoms with Crippen molar-refractivity contribution >= 4 is 17.8 Å². The fourth-order valence-corrected chi connectivity index (χ4v) is 2.88. The largest absolute Gasteiger partial charge is 0.511 e. The molecule has 0 unspecified atom stereocenters. The van der Waals surface area contributed by atoms with Crippen molar-refractivity contribution in [2.24, 2.45) is 0 Å². The fourth-order valence-electron chi connectivity index (χ4n) is 2.88. The fraction of sp³-hybridized carbons (Fsp3) is 0.190. The summed E-state index contributed by atoms with van der Waals surface area (Å²) in [6.07, 6.45) is 0.122. The van der Waals surface area contributed by atoms with Crippen molar-refractivity contribution in [3.05, 3.63) is 71.5 Å². The van der Waals surface area contributed by atoms with Crippen LogP contribution in [-0.4, -0.2) is 46.0 Å². The minimum Gasteiger partial charge on any atom is -0.511 e. The maximum absolute atomic E-state index is 12.6. The second kappa shape index (κ2) is 8.92. The molecule has 0 saturated heterocycles. The van der Waals surface area contributed by atoms with Gasteiger partial charge in [0.1, 0.15) is 29.4 Å². The number of aliphatic carboxylic acids is 1. The molecule has 0 bridgehead atoms. The quantitative estimate of drug-likeness (QED) is 0.618. The van der Waals surface area contributed by atoms with Crippen molar-refractivity contribution in [1.82, 2.24) is 10.2 Å². The van der Waals surface area contributed by atoms with E-state index in [0.717, 1.165) is 5.56 Å². The minimum atomic E-state index is -1.24. The van der Waals surface area contributed by atoms with E-state index in [4.69, 9.17) is 9.84 Å². The van der Waals surface area contributed by atoms with Gasteiger partial charge in [0.05, 0.1) is 0 Å². The van der Waals surface area contributed by atoms with Crippen LogP contribution < -0.4 is 10.1 Å². The van der Waals surface area contributed by atoms with E-state index in [9.17, 15) is 19.5 Å². The second-order valence-corrected chi connectivity index (χ2v) is 6.43. The van der Waals surface area contributed by atoms with Crippen molar-refractivity contribution in [1.29, 1.82) is 0 Å². The van der Waals surface area contributed by atoms with Gasteiger partial charge in [-0.2, -0.15) is 0 Å². The minimum absolute atomic E-state index is 0.122. The SMILES string of the molecule is O=C(O)CNC(=O)C1=C(O)CCN(Cc2ccc(Oc3ccccc3)cc2)C1=O. The lowest BCUT2D eigenvalue weighted by Crippen LogP contribution is -2.43. The molecule has 0 fully saturated rings. The number of rotatable bonds is 7. The molecule has 29 heavy (non-hydrogen) atoms. The van der Waals surface area contributed by atoms with Crippen LogP contribution in [0.4, 0.5) is 0 Å². The maximum atomic E-state index is 12.6. The number of carbonyl (C=O) groups is 3. The zero-order valence-electron chi connectivity index (χ0n) is 15.5. The Morgan fingerprint density at radius 2 is 1.69 bits per heavy atom. The Hall–Kier alpha value is -3.81. The molecular weight excluding hydrogens is 376 g/mol. The average Bonchev–Trinajstić information content (AvgIpc) is 2.71. The number of aliphatic hydroxyl groups excluding tert-OH is 1. The third-order valence-electron chi connectivity index (χ3n) is 4.31. The summed E-state index contributed by atoms with van der Waals surface area (Å²) in [5.74, 6) is -1.75. The summed E-state index contributed by atoms with van der Waals surface area (Å²) in [7, 11) is 0. The number of carboxylic acid groups (broad SMARTS) is 1. The van der Waals surface area contributed by atoms with Crippen LogP contribution in [0.15, 0.2) is 65.9 Å². The first-order valence-corrected chi connectivity index (χ1v) is 8.97. The Morgan fingerprint density at radius 3 is 2.34 bits per heavy atom. The average molecular weight is 396 g/mol. The molecule has 0 spiro atoms. The van der Waals surface area contributed by atoms with E-state index in [2.05, 4.69) is 5.32 Å². The molecule has 0 saturated carbocycles. The standard InChI is InChI=1S/C21H20N2O6/c24-17-10-11-23(21(28)19(17)20(27)22-12-18(25)26)13-14-6-8-16(9-7-14)29-15-4-2-1-3-5-15/h1-9,24H,10-13H2,(H,22,27)(H,25,26). The van der Waals surface area contributed by atoms with Crippen molar-refractivity contribution in [3.8, 4) is 11.5 Å². The molecular formula is C21H20N2O6. The normalized spacial score (nSPS) is 13.9. The number of hydrogen-bond donors (Lipinski definition) is 3. The summed E-state index contributed by atoms with van der Waals surface area (Å²) < 4.78 is 5.73. The summed E-state index contributed by atoms with van der Waals surface area (Å²) in [6, 6.07) is 16.5. The van der Waals surface area contributed by atoms with Gasteiger partial charge in [-0.05, 0) is 29.8 Å². The van der Waals surface area contributed by atoms with Gasteiger partial charge in [0.25, 0.3) is 11.8 Å². The molecule has 1 aliphatic heterocycles. The first-order chi connectivity index (χ1) is 13.9. The molecule has 8 nitrogen and oxygen atoms in total. The highest BCUT2D eigenvalue weighted by atomic mass is 16.5. The van der Waals surface area contributed by atoms with Gasteiger partial charge in [-0.15, -0.1) is 0 Å². The summed E-state index contributed by atoms with van der Waals surface area (Å²) in [5, 5.41) is 20.7. The Bertz CT molecular complexity index is 937. The van der Waals surface area contributed by atoms with Crippen LogP contribution in [0.2, 0.25) is 0 Å². The van der Waals surface area contributed by atoms with E-state index in [1.165, 1.54) is 4.90 Å². The molecule has 0 atom stereocenters. The Labute approximate surface area is 167 Å². The van der Waals surface area contributed by atoms with Gasteiger partial charge < -0.3 is 25.2 Å². The second-order valence-electron chi connectivity index (χ2n) is 6.43. The summed E-state index contributed by atoms with van der Waals surface area (Å²) in [6.45, 7) is -0.137. The van der Waals surface area contributed by atoms with Gasteiger partial charge >= 0.3 is 5.97 Å². The van der Waals surface area contributed by atoms with Crippen molar-refractivity contribution in [2.75, 3.05) is 13.1 Å². The van der Waals surface area contributed by atoms with E-state index >= 15 is 0 Å². The van der Waals surface area contributed by atoms with E-state index in [1.54, 1.807) is 12.1 Å². The van der Waals surface area contributed by atoms with Gasteiger partial charge in [0, 0.05) is 19.5 Å². The number of para-hydroxylation sites is 1. The lowest BCUT2D eigenvalue weighted by molar-refractivity contribution is -0.138. The number of carbonyl (C=O) groups excluding carboxylic acids is 2. The van der Waals surface area contributed by atoms with Crippen molar-refractivity contribution < 1.29 is 29.3 Å². The molecule has 3 rings (SSSR count). The topological polar surface area (TPSA) is 116 Å². The van der Waals surface area contributed by atoms with Crippen LogP contribution in [0, 0.1) is 0 Å². The molecule has 1 aliphatic rings. The molecule has 2 amide bonds. The van der Waals surface area contributed by atoms with E-state index in [0.29, 0.717) is 11.5 Å². The number of aliphatic hydroxyl groups is 1. The molecule has 2 aromatic carbocycles. The Morgan fingerprint density at radius 1 is 1.03 bits per heavy atom. The van der Waals surface area contributed by atoms with Crippen LogP contribution in [0.3, 0.4) is 0 Å². The number of nitrogens with one attached hydrogen (secondary N) is 1. The number of carboxylic acids is 1. The molecule has 3 N–H and O–H groups in total. The van der Waals surface area contributed by atoms with E-state index in [1.807, 2.05) is 42.5 Å². The monoisotopic (exact) mass is 396 g/mol. The molecule has 0 radical (unpaired) electrons. The number of nitrogens with zero attached hydrogens (tertiary/aromatic N) is 1. The van der Waals surface area contributed by atoms with Crippen LogP contribution in [0.25, 0.3) is 0 Å². The summed E-state index contributed by atoms with van der Waals surface area (Å²) >= 11 is 0. The van der Waals surface area contributed by atoms with Gasteiger partial charge in [0.2, 0.25) is 0 Å². The number of benzene rings is 2. The van der Waals surface area contributed by atoms with E-state index in [-0.39, 0.29) is 25.3 Å². The number of hydrogen-bond acceptors (Lipinski definition) is 5. The zero-order valence-corrected chi connectivity index (χ0v) is 15.5. The molecule has 1 heterocycles. The third-order valence-corrected chi connectivity index (χ3v) is 4.31. The van der Waals surface area contributed by atoms with Crippen LogP contribution in [0.5, 0.6) is 11.5 Å². The van der Waals surface area contributed by atoms with Gasteiger partial charge in [-0.3, -0.25) is 14.4 Å². The Balaban J connectivity index is 1.65. The highest BCUT2D eigenvalue weighted by Crippen LogP contribution is 2.23. The van der Waals surface area contributed by atoms with Gasteiger partial charge in [-0.25, -0.2) is 0 Å². The van der Waals surface area contributed by atoms with Gasteiger partial charge in [0.15, 0.2) is 0 Å². The maximum Gasteiger partial charge on any atom is 0.322 e. The third kappa shape index (κ3) is 5.13. The predicted octanol–water partition coefficient (Wildman–Crippen LogP) is 2.22. The first kappa shape index (κ1) is 19.9. The summed E-state index contributed by atoms with van der Waals surface area (Å²) in [5.41, 5.74) is 0.409. The lowest BCUT2D eigenvalue weighted by atomic mass is 10.0. The van der Waals surface area contributed by atoms with Crippen LogP contribution >= 0.6 is 0 Å². The molecule has 150 valence electrons. The smallest absolute Gasteiger partial charge is 0.322 e. The van der Waals surface area contributed by atoms with Crippen LogP contribution in [0.1, 0.15) is 12.0 Å². The highest BCUT2D eigenvalue weighted by molar-refractivity contribution is 6.19. The Kier molecular flexibility index (Phi) is 6.13. The number of amides is 2. The van der Waals surface area contributed by atoms with E-state index < -0.39 is 29.9 Å². The summed E-state index contributed by atoms with van der Waals surface area (Å²) in [4.78, 5) is 36.7. The number of ether oxygens (including phenoxy) is 1. The molecule has 0 aromatic heterocycles. The molecule has 2 aromatic rings. The lowest BCUT2D eigenvalue weighted by Gasteiger charge is -2.28. The van der Waals surface area contributed by atoms with Crippen molar-refractivity contribution in [2.45, 2.75) is 13.0 Å². The van der Waals surface area contributed by atoms with Crippen molar-refractivity contribution in [3.63, 3.8) is 0 Å². The highest BCUT2D eigenvalue weighted by Gasteiger charge is 2.32. The molecule has 0 aliphatic carbocycles. The molecule has 8 heteroatoms. The first-order valence-electron chi connectivity index (χ1n) is 8.97. The van der Waals surface area contributed by atoms with Crippen LogP contribution in [-0.2, 0) is 20.9 Å².